The molecule has 0 saturated carbocycles. The number of benzene rings is 3. The van der Waals surface area contributed by atoms with Gasteiger partial charge in [-0.15, -0.1) is 0 Å². The van der Waals surface area contributed by atoms with Crippen molar-refractivity contribution in [2.45, 2.75) is 45.5 Å². The smallest absolute Gasteiger partial charge is 0.416 e. The first-order valence-corrected chi connectivity index (χ1v) is 12.4. The Kier molecular flexibility index (Phi) is 7.94. The van der Waals surface area contributed by atoms with Crippen molar-refractivity contribution in [1.29, 1.82) is 0 Å². The third kappa shape index (κ3) is 5.89. The van der Waals surface area contributed by atoms with Crippen molar-refractivity contribution in [3.63, 3.8) is 0 Å². The van der Waals surface area contributed by atoms with Crippen molar-refractivity contribution in [3.05, 3.63) is 82.9 Å². The van der Waals surface area contributed by atoms with Crippen LogP contribution in [0, 0.1) is 6.92 Å². The number of hydrogen-bond donors (Lipinski definition) is 2. The highest BCUT2D eigenvalue weighted by atomic mass is 19.4. The number of hydrogen-bond acceptors (Lipinski definition) is 4. The van der Waals surface area contributed by atoms with Crippen LogP contribution in [0.25, 0.3) is 11.1 Å². The summed E-state index contributed by atoms with van der Waals surface area (Å²) in [5, 5.41) is 5.01. The molecule has 1 aliphatic heterocycles. The summed E-state index contributed by atoms with van der Waals surface area (Å²) in [5.41, 5.74) is 3.68. The quantitative estimate of drug-likeness (QED) is 0.330. The molecule has 0 bridgehead atoms. The number of amides is 3. The number of nitrogens with one attached hydrogen (secondary N) is 2. The van der Waals surface area contributed by atoms with Gasteiger partial charge in [0, 0.05) is 23.5 Å². The molecule has 1 atom stereocenters. The predicted molar refractivity (Wildman–Crippen MR) is 141 cm³/mol. The molecule has 0 saturated heterocycles. The molecule has 39 heavy (non-hydrogen) atoms. The lowest BCUT2D eigenvalue weighted by molar-refractivity contribution is -0.146. The fourth-order valence-electron chi connectivity index (χ4n) is 4.73. The summed E-state index contributed by atoms with van der Waals surface area (Å²) < 4.78 is 43.7. The maximum atomic E-state index is 13.1. The van der Waals surface area contributed by atoms with E-state index in [2.05, 4.69) is 10.6 Å². The first kappa shape index (κ1) is 27.7. The Bertz CT molecular complexity index is 1400. The van der Waals surface area contributed by atoms with Gasteiger partial charge in [0.2, 0.25) is 0 Å². The third-order valence-electron chi connectivity index (χ3n) is 6.73. The number of fused-ring (bicyclic) bond motifs is 1. The molecule has 0 fully saturated rings. The molecule has 3 amide bonds. The lowest BCUT2D eigenvalue weighted by Crippen LogP contribution is -2.42. The molecule has 0 spiro atoms. The summed E-state index contributed by atoms with van der Waals surface area (Å²) in [7, 11) is 1.32. The number of anilines is 2. The average molecular weight is 540 g/mol. The van der Waals surface area contributed by atoms with Gasteiger partial charge in [-0.05, 0) is 72.0 Å². The van der Waals surface area contributed by atoms with Crippen LogP contribution in [0.2, 0.25) is 0 Å². The number of rotatable bonds is 7. The highest BCUT2D eigenvalue weighted by molar-refractivity contribution is 6.02. The molecular formula is C29H28F3N3O4. The number of esters is 1. The van der Waals surface area contributed by atoms with Crippen LogP contribution in [0.4, 0.5) is 29.3 Å². The molecule has 1 heterocycles. The Morgan fingerprint density at radius 2 is 1.67 bits per heavy atom. The van der Waals surface area contributed by atoms with E-state index < -0.39 is 29.8 Å². The van der Waals surface area contributed by atoms with Crippen molar-refractivity contribution in [2.75, 3.05) is 17.7 Å². The zero-order valence-corrected chi connectivity index (χ0v) is 21.7. The molecule has 3 aromatic carbocycles. The van der Waals surface area contributed by atoms with Gasteiger partial charge in [-0.1, -0.05) is 37.6 Å². The van der Waals surface area contributed by atoms with E-state index in [9.17, 15) is 27.6 Å². The van der Waals surface area contributed by atoms with Crippen LogP contribution in [-0.4, -0.2) is 36.0 Å². The van der Waals surface area contributed by atoms with E-state index in [1.807, 2.05) is 19.9 Å². The maximum Gasteiger partial charge on any atom is 0.416 e. The molecule has 10 heteroatoms. The number of methoxy groups -OCH3 is 1. The molecular weight excluding hydrogens is 511 g/mol. The molecule has 0 unspecified atom stereocenters. The summed E-state index contributed by atoms with van der Waals surface area (Å²) >= 11 is 0. The van der Waals surface area contributed by atoms with Gasteiger partial charge >= 0.3 is 18.2 Å². The minimum atomic E-state index is -4.51. The van der Waals surface area contributed by atoms with Crippen LogP contribution in [0.1, 0.15) is 46.8 Å². The van der Waals surface area contributed by atoms with Crippen molar-refractivity contribution < 1.29 is 32.3 Å². The second kappa shape index (κ2) is 11.2. The highest BCUT2D eigenvalue weighted by Crippen LogP contribution is 2.35. The van der Waals surface area contributed by atoms with Crippen LogP contribution in [0.5, 0.6) is 0 Å². The molecule has 0 aliphatic carbocycles. The van der Waals surface area contributed by atoms with E-state index in [1.54, 1.807) is 35.2 Å². The fourth-order valence-corrected chi connectivity index (χ4v) is 4.73. The zero-order chi connectivity index (χ0) is 28.3. The van der Waals surface area contributed by atoms with Crippen molar-refractivity contribution >= 4 is 29.3 Å². The number of carbonyl (C=O) groups is 3. The van der Waals surface area contributed by atoms with Crippen LogP contribution < -0.4 is 10.6 Å². The molecule has 3 aromatic rings. The molecule has 1 aliphatic rings. The molecule has 204 valence electrons. The second-order valence-electron chi connectivity index (χ2n) is 9.26. The molecule has 0 aromatic heterocycles. The SMILES string of the molecule is CCC[C@@H](C(=O)OC)N1Cc2c(ccc(-c3ccc(NC(=O)Nc4cccc(C(F)(F)F)c4)cc3)c2C)C1=O. The number of carbonyl (C=O) groups excluding carboxylic acids is 3. The van der Waals surface area contributed by atoms with E-state index in [1.165, 1.54) is 19.2 Å². The van der Waals surface area contributed by atoms with Crippen LogP contribution in [0.15, 0.2) is 60.7 Å². The topological polar surface area (TPSA) is 87.7 Å². The first-order chi connectivity index (χ1) is 18.5. The summed E-state index contributed by atoms with van der Waals surface area (Å²) in [6.45, 7) is 4.18. The lowest BCUT2D eigenvalue weighted by atomic mass is 9.94. The molecule has 7 nitrogen and oxygen atoms in total. The molecule has 0 radical (unpaired) electrons. The fraction of sp³-hybridized carbons (Fsp3) is 0.276. The minimum Gasteiger partial charge on any atom is -0.467 e. The van der Waals surface area contributed by atoms with Crippen molar-refractivity contribution in [3.8, 4) is 11.1 Å². The first-order valence-electron chi connectivity index (χ1n) is 12.4. The summed E-state index contributed by atoms with van der Waals surface area (Å²) in [6.07, 6.45) is -3.28. The van der Waals surface area contributed by atoms with Crippen LogP contribution in [0.3, 0.4) is 0 Å². The Balaban J connectivity index is 1.48. The van der Waals surface area contributed by atoms with E-state index in [0.717, 1.165) is 40.8 Å². The van der Waals surface area contributed by atoms with Gasteiger partial charge < -0.3 is 20.3 Å². The van der Waals surface area contributed by atoms with Crippen LogP contribution in [-0.2, 0) is 22.3 Å². The highest BCUT2D eigenvalue weighted by Gasteiger charge is 2.37. The van der Waals surface area contributed by atoms with E-state index in [-0.39, 0.29) is 11.6 Å². The van der Waals surface area contributed by atoms with Gasteiger partial charge in [0.1, 0.15) is 6.04 Å². The van der Waals surface area contributed by atoms with Gasteiger partial charge in [-0.3, -0.25) is 4.79 Å². The maximum absolute atomic E-state index is 13.1. The normalized spacial score (nSPS) is 13.6. The second-order valence-corrected chi connectivity index (χ2v) is 9.26. The Hall–Kier alpha value is -4.34. The zero-order valence-electron chi connectivity index (χ0n) is 21.7. The average Bonchev–Trinajstić information content (AvgIpc) is 3.24. The van der Waals surface area contributed by atoms with Crippen LogP contribution >= 0.6 is 0 Å². The number of urea groups is 1. The van der Waals surface area contributed by atoms with Gasteiger partial charge in [0.25, 0.3) is 5.91 Å². The Morgan fingerprint density at radius 1 is 1.00 bits per heavy atom. The Labute approximate surface area is 224 Å². The van der Waals surface area contributed by atoms with Gasteiger partial charge in [-0.25, -0.2) is 9.59 Å². The largest absolute Gasteiger partial charge is 0.467 e. The number of ether oxygens (including phenoxy) is 1. The van der Waals surface area contributed by atoms with E-state index >= 15 is 0 Å². The molecule has 4 rings (SSSR count). The minimum absolute atomic E-state index is 0.0182. The summed E-state index contributed by atoms with van der Waals surface area (Å²) in [5.74, 6) is -0.633. The monoisotopic (exact) mass is 539 g/mol. The Morgan fingerprint density at radius 3 is 2.31 bits per heavy atom. The number of halogens is 3. The molecule has 2 N–H and O–H groups in total. The van der Waals surface area contributed by atoms with E-state index in [0.29, 0.717) is 24.2 Å². The van der Waals surface area contributed by atoms with Crippen molar-refractivity contribution in [1.82, 2.24) is 4.90 Å². The van der Waals surface area contributed by atoms with Gasteiger partial charge in [0.15, 0.2) is 0 Å². The van der Waals surface area contributed by atoms with Crippen molar-refractivity contribution in [2.24, 2.45) is 0 Å². The lowest BCUT2D eigenvalue weighted by Gasteiger charge is -2.25. The van der Waals surface area contributed by atoms with E-state index in [4.69, 9.17) is 4.74 Å². The third-order valence-corrected chi connectivity index (χ3v) is 6.73. The predicted octanol–water partition coefficient (Wildman–Crippen LogP) is 6.62. The number of nitrogens with zero attached hydrogens (tertiary/aromatic N) is 1. The summed E-state index contributed by atoms with van der Waals surface area (Å²) in [4.78, 5) is 39.3. The summed E-state index contributed by atoms with van der Waals surface area (Å²) in [6, 6.07) is 13.6. The standard InChI is InChI=1S/C29H28F3N3O4/c1-4-6-25(27(37)39-3)35-16-24-17(2)22(13-14-23(24)26(35)36)18-9-11-20(12-10-18)33-28(38)34-21-8-5-7-19(15-21)29(30,31)32/h5,7-15,25H,4,6,16H2,1-3H3,(H2,33,34,38)/t25-/m0/s1. The van der Waals surface area contributed by atoms with Gasteiger partial charge in [-0.2, -0.15) is 13.2 Å². The van der Waals surface area contributed by atoms with Gasteiger partial charge in [0.05, 0.1) is 12.7 Å². The number of alkyl halides is 3.